The highest BCUT2D eigenvalue weighted by molar-refractivity contribution is 7.15. The zero-order valence-electron chi connectivity index (χ0n) is 11.6. The van der Waals surface area contributed by atoms with Crippen LogP contribution in [0, 0.1) is 0 Å². The number of anilines is 1. The molecule has 1 atom stereocenters. The molecule has 1 aromatic heterocycles. The molecule has 0 radical (unpaired) electrons. The van der Waals surface area contributed by atoms with Gasteiger partial charge in [0.2, 0.25) is 5.91 Å². The fourth-order valence-electron chi connectivity index (χ4n) is 2.50. The normalized spacial score (nSPS) is 23.4. The van der Waals surface area contributed by atoms with Crippen molar-refractivity contribution in [3.05, 3.63) is 10.6 Å². The Balaban J connectivity index is 1.63. The molecule has 1 fully saturated rings. The van der Waals surface area contributed by atoms with Gasteiger partial charge in [-0.05, 0) is 6.54 Å². The Hall–Kier alpha value is -1.02. The summed E-state index contributed by atoms with van der Waals surface area (Å²) in [5, 5.41) is 6.77. The number of carbonyl (C=O) groups excluding carboxylic acids is 1. The molecule has 20 heavy (non-hydrogen) atoms. The molecule has 110 valence electrons. The van der Waals surface area contributed by atoms with Crippen molar-refractivity contribution in [2.45, 2.75) is 25.9 Å². The van der Waals surface area contributed by atoms with Crippen LogP contribution in [0.5, 0.6) is 0 Å². The molecule has 2 aliphatic heterocycles. The van der Waals surface area contributed by atoms with E-state index in [1.54, 1.807) is 11.3 Å². The molecule has 0 aromatic carbocycles. The van der Waals surface area contributed by atoms with E-state index in [1.807, 2.05) is 0 Å². The molecular formula is C13H20N4O2S. The first-order valence-corrected chi connectivity index (χ1v) is 7.91. The van der Waals surface area contributed by atoms with Crippen LogP contribution in [0.15, 0.2) is 0 Å². The molecule has 1 amide bonds. The van der Waals surface area contributed by atoms with E-state index in [0.717, 1.165) is 38.3 Å². The Morgan fingerprint density at radius 2 is 2.55 bits per heavy atom. The number of hydrogen-bond acceptors (Lipinski definition) is 6. The molecular weight excluding hydrogens is 276 g/mol. The predicted octanol–water partition coefficient (Wildman–Crippen LogP) is 0.448. The third kappa shape index (κ3) is 3.01. The van der Waals surface area contributed by atoms with E-state index in [4.69, 9.17) is 4.74 Å². The van der Waals surface area contributed by atoms with E-state index in [1.165, 1.54) is 4.88 Å². The topological polar surface area (TPSA) is 66.5 Å². The van der Waals surface area contributed by atoms with E-state index in [0.29, 0.717) is 18.3 Å². The number of rotatable bonds is 3. The fourth-order valence-corrected chi connectivity index (χ4v) is 3.55. The highest BCUT2D eigenvalue weighted by atomic mass is 32.1. The summed E-state index contributed by atoms with van der Waals surface area (Å²) < 4.78 is 5.30. The van der Waals surface area contributed by atoms with Gasteiger partial charge in [-0.2, -0.15) is 0 Å². The molecule has 3 rings (SSSR count). The number of ether oxygens (including phenoxy) is 1. The van der Waals surface area contributed by atoms with Gasteiger partial charge in [0.05, 0.1) is 18.9 Å². The van der Waals surface area contributed by atoms with Gasteiger partial charge in [-0.15, -0.1) is 11.3 Å². The van der Waals surface area contributed by atoms with Gasteiger partial charge in [0, 0.05) is 30.9 Å². The molecule has 1 saturated heterocycles. The third-order valence-electron chi connectivity index (χ3n) is 3.73. The number of thiazole rings is 1. The Labute approximate surface area is 122 Å². The van der Waals surface area contributed by atoms with Gasteiger partial charge in [0.1, 0.15) is 6.04 Å². The number of fused-ring (bicyclic) bond motifs is 1. The van der Waals surface area contributed by atoms with E-state index >= 15 is 0 Å². The zero-order chi connectivity index (χ0) is 13.9. The van der Waals surface area contributed by atoms with Gasteiger partial charge in [0.15, 0.2) is 5.13 Å². The lowest BCUT2D eigenvalue weighted by Gasteiger charge is -2.23. The van der Waals surface area contributed by atoms with Gasteiger partial charge in [-0.25, -0.2) is 4.98 Å². The van der Waals surface area contributed by atoms with Gasteiger partial charge in [-0.1, -0.05) is 6.92 Å². The first kappa shape index (κ1) is 13.9. The second kappa shape index (κ2) is 6.17. The zero-order valence-corrected chi connectivity index (χ0v) is 12.5. The van der Waals surface area contributed by atoms with Crippen molar-refractivity contribution in [3.8, 4) is 0 Å². The average molecular weight is 296 g/mol. The highest BCUT2D eigenvalue weighted by Gasteiger charge is 2.24. The monoisotopic (exact) mass is 296 g/mol. The first-order valence-electron chi connectivity index (χ1n) is 7.09. The van der Waals surface area contributed by atoms with Crippen molar-refractivity contribution in [1.29, 1.82) is 0 Å². The average Bonchev–Trinajstić information content (AvgIpc) is 2.89. The Kier molecular flexibility index (Phi) is 4.30. The number of amides is 1. The van der Waals surface area contributed by atoms with Crippen LogP contribution in [-0.2, 0) is 22.5 Å². The molecule has 0 saturated carbocycles. The molecule has 2 N–H and O–H groups in total. The van der Waals surface area contributed by atoms with Crippen LogP contribution in [-0.4, -0.2) is 54.7 Å². The largest absolute Gasteiger partial charge is 0.378 e. The number of aromatic nitrogens is 1. The van der Waals surface area contributed by atoms with E-state index in [-0.39, 0.29) is 11.9 Å². The van der Waals surface area contributed by atoms with Gasteiger partial charge in [-0.3, -0.25) is 9.69 Å². The molecule has 0 spiro atoms. The second-order valence-corrected chi connectivity index (χ2v) is 6.16. The van der Waals surface area contributed by atoms with Crippen molar-refractivity contribution >= 4 is 22.4 Å². The van der Waals surface area contributed by atoms with Crippen molar-refractivity contribution in [2.75, 3.05) is 38.2 Å². The quantitative estimate of drug-likeness (QED) is 0.848. The van der Waals surface area contributed by atoms with Crippen LogP contribution in [0.2, 0.25) is 0 Å². The van der Waals surface area contributed by atoms with Gasteiger partial charge in [0.25, 0.3) is 0 Å². The smallest absolute Gasteiger partial charge is 0.245 e. The highest BCUT2D eigenvalue weighted by Crippen LogP contribution is 2.28. The number of hydrogen-bond donors (Lipinski definition) is 2. The molecule has 6 nitrogen and oxygen atoms in total. The minimum absolute atomic E-state index is 0.0526. The summed E-state index contributed by atoms with van der Waals surface area (Å²) in [4.78, 5) is 20.3. The molecule has 1 aromatic rings. The maximum atomic E-state index is 12.1. The van der Waals surface area contributed by atoms with Crippen molar-refractivity contribution in [1.82, 2.24) is 15.2 Å². The summed E-state index contributed by atoms with van der Waals surface area (Å²) in [5.41, 5.74) is 1.14. The van der Waals surface area contributed by atoms with E-state index in [9.17, 15) is 4.79 Å². The molecule has 7 heteroatoms. The summed E-state index contributed by atoms with van der Waals surface area (Å²) in [6.45, 7) is 7.05. The van der Waals surface area contributed by atoms with Crippen LogP contribution >= 0.6 is 11.3 Å². The van der Waals surface area contributed by atoms with Crippen molar-refractivity contribution < 1.29 is 9.53 Å². The maximum absolute atomic E-state index is 12.1. The van der Waals surface area contributed by atoms with Gasteiger partial charge >= 0.3 is 0 Å². The summed E-state index contributed by atoms with van der Waals surface area (Å²) in [6.07, 6.45) is 0.973. The summed E-state index contributed by atoms with van der Waals surface area (Å²) >= 11 is 1.59. The van der Waals surface area contributed by atoms with E-state index < -0.39 is 0 Å². The minimum atomic E-state index is -0.267. The van der Waals surface area contributed by atoms with Crippen LogP contribution in [0.3, 0.4) is 0 Å². The van der Waals surface area contributed by atoms with Gasteiger partial charge < -0.3 is 15.4 Å². The lowest BCUT2D eigenvalue weighted by molar-refractivity contribution is -0.120. The van der Waals surface area contributed by atoms with Crippen LogP contribution < -0.4 is 10.6 Å². The van der Waals surface area contributed by atoms with Crippen LogP contribution in [0.4, 0.5) is 5.13 Å². The number of nitrogens with one attached hydrogen (secondary N) is 2. The SMILES string of the molecule is CCN1CCc2nc(NC(=O)C3COCCN3)sc2C1. The molecule has 0 bridgehead atoms. The van der Waals surface area contributed by atoms with Crippen LogP contribution in [0.1, 0.15) is 17.5 Å². The standard InChI is InChI=1S/C13H20N4O2S/c1-2-17-5-3-9-11(7-17)20-13(15-9)16-12(18)10-8-19-6-4-14-10/h10,14H,2-8H2,1H3,(H,15,16,18). The van der Waals surface area contributed by atoms with Crippen LogP contribution in [0.25, 0.3) is 0 Å². The number of nitrogens with zero attached hydrogens (tertiary/aromatic N) is 2. The predicted molar refractivity (Wildman–Crippen MR) is 78.0 cm³/mol. The molecule has 0 aliphatic carbocycles. The number of carbonyl (C=O) groups is 1. The lowest BCUT2D eigenvalue weighted by Crippen LogP contribution is -2.48. The summed E-state index contributed by atoms with van der Waals surface area (Å²) in [6, 6.07) is -0.267. The maximum Gasteiger partial charge on any atom is 0.245 e. The molecule has 1 unspecified atom stereocenters. The van der Waals surface area contributed by atoms with Crippen molar-refractivity contribution in [2.24, 2.45) is 0 Å². The first-order chi connectivity index (χ1) is 9.76. The Morgan fingerprint density at radius 3 is 3.30 bits per heavy atom. The minimum Gasteiger partial charge on any atom is -0.378 e. The summed E-state index contributed by atoms with van der Waals surface area (Å²) in [7, 11) is 0. The molecule has 3 heterocycles. The number of likely N-dealkylation sites (N-methyl/N-ethyl adjacent to an activating group) is 1. The van der Waals surface area contributed by atoms with E-state index in [2.05, 4.69) is 27.4 Å². The Bertz CT molecular complexity index is 485. The number of morpholine rings is 1. The fraction of sp³-hybridized carbons (Fsp3) is 0.692. The second-order valence-electron chi connectivity index (χ2n) is 5.08. The third-order valence-corrected chi connectivity index (χ3v) is 4.72. The lowest BCUT2D eigenvalue weighted by atomic mass is 10.2. The summed E-state index contributed by atoms with van der Waals surface area (Å²) in [5.74, 6) is -0.0526. The molecule has 2 aliphatic rings. The Morgan fingerprint density at radius 1 is 1.65 bits per heavy atom. The van der Waals surface area contributed by atoms with Crippen molar-refractivity contribution in [3.63, 3.8) is 0 Å².